The molecule has 122 valence electrons. The fourth-order valence-electron chi connectivity index (χ4n) is 2.70. The highest BCUT2D eigenvalue weighted by Crippen LogP contribution is 2.28. The molecule has 0 bridgehead atoms. The molecule has 1 fully saturated rings. The highest BCUT2D eigenvalue weighted by atomic mass is 32.2. The van der Waals surface area contributed by atoms with Crippen LogP contribution in [0.2, 0.25) is 0 Å². The molecule has 0 radical (unpaired) electrons. The Hall–Kier alpha value is -1.23. The van der Waals surface area contributed by atoms with Crippen molar-refractivity contribution < 1.29 is 13.9 Å². The fourth-order valence-corrected chi connectivity index (χ4v) is 3.97. The molecule has 0 saturated heterocycles. The van der Waals surface area contributed by atoms with E-state index in [9.17, 15) is 9.18 Å². The molecule has 1 aliphatic carbocycles. The van der Waals surface area contributed by atoms with E-state index in [2.05, 4.69) is 0 Å². The molecular formula is C17H24FNO2S. The van der Waals surface area contributed by atoms with Crippen LogP contribution in [0.15, 0.2) is 18.2 Å². The molecule has 1 aromatic rings. The van der Waals surface area contributed by atoms with Crippen LogP contribution >= 0.6 is 11.8 Å². The maximum absolute atomic E-state index is 13.7. The third-order valence-electron chi connectivity index (χ3n) is 4.06. The molecule has 0 atom stereocenters. The fraction of sp³-hybridized carbons (Fsp3) is 0.588. The lowest BCUT2D eigenvalue weighted by Gasteiger charge is -2.22. The summed E-state index contributed by atoms with van der Waals surface area (Å²) in [4.78, 5) is 13.8. The van der Waals surface area contributed by atoms with E-state index in [-0.39, 0.29) is 11.7 Å². The maximum Gasteiger partial charge on any atom is 0.232 e. The first kappa shape index (κ1) is 17.1. The molecule has 1 amide bonds. The zero-order valence-corrected chi connectivity index (χ0v) is 14.1. The van der Waals surface area contributed by atoms with Crippen molar-refractivity contribution in [2.75, 3.05) is 19.9 Å². The average Bonchev–Trinajstić information content (AvgIpc) is 2.53. The second kappa shape index (κ2) is 8.42. The minimum Gasteiger partial charge on any atom is -0.494 e. The van der Waals surface area contributed by atoms with Crippen molar-refractivity contribution in [1.82, 2.24) is 4.90 Å². The molecular weight excluding hydrogens is 301 g/mol. The van der Waals surface area contributed by atoms with E-state index >= 15 is 0 Å². The summed E-state index contributed by atoms with van der Waals surface area (Å²) in [6.07, 6.45) is 6.35. The van der Waals surface area contributed by atoms with Crippen molar-refractivity contribution in [3.05, 3.63) is 29.6 Å². The predicted octanol–water partition coefficient (Wildman–Crippen LogP) is 3.86. The van der Waals surface area contributed by atoms with E-state index in [1.54, 1.807) is 35.8 Å². The summed E-state index contributed by atoms with van der Waals surface area (Å²) in [6, 6.07) is 4.82. The first-order valence-electron chi connectivity index (χ1n) is 7.78. The standard InChI is InChI=1S/C17H24FNO2S/c1-19(11-13-8-9-16(21-2)15(18)10-13)17(20)12-22-14-6-4-3-5-7-14/h8-10,14H,3-7,11-12H2,1-2H3. The van der Waals surface area contributed by atoms with E-state index in [0.717, 1.165) is 5.56 Å². The number of halogens is 1. The largest absolute Gasteiger partial charge is 0.494 e. The third kappa shape index (κ3) is 4.90. The van der Waals surface area contributed by atoms with Gasteiger partial charge in [0, 0.05) is 18.8 Å². The zero-order chi connectivity index (χ0) is 15.9. The van der Waals surface area contributed by atoms with E-state index in [0.29, 0.717) is 17.5 Å². The van der Waals surface area contributed by atoms with Crippen molar-refractivity contribution in [3.63, 3.8) is 0 Å². The Balaban J connectivity index is 1.81. The highest BCUT2D eigenvalue weighted by Gasteiger charge is 2.17. The van der Waals surface area contributed by atoms with Crippen molar-refractivity contribution in [3.8, 4) is 5.75 Å². The van der Waals surface area contributed by atoms with Crippen LogP contribution in [0.1, 0.15) is 37.7 Å². The molecule has 2 rings (SSSR count). The van der Waals surface area contributed by atoms with E-state index in [1.165, 1.54) is 45.3 Å². The minimum atomic E-state index is -0.391. The number of rotatable bonds is 6. The van der Waals surface area contributed by atoms with Gasteiger partial charge in [0.15, 0.2) is 11.6 Å². The summed E-state index contributed by atoms with van der Waals surface area (Å²) in [5, 5.41) is 0.629. The first-order valence-corrected chi connectivity index (χ1v) is 8.83. The molecule has 1 aromatic carbocycles. The van der Waals surface area contributed by atoms with Crippen molar-refractivity contribution >= 4 is 17.7 Å². The Kier molecular flexibility index (Phi) is 6.55. The maximum atomic E-state index is 13.7. The van der Waals surface area contributed by atoms with Gasteiger partial charge in [0.1, 0.15) is 0 Å². The number of hydrogen-bond donors (Lipinski definition) is 0. The molecule has 0 aromatic heterocycles. The van der Waals surface area contributed by atoms with Crippen LogP contribution in [-0.4, -0.2) is 36.0 Å². The lowest BCUT2D eigenvalue weighted by molar-refractivity contribution is -0.127. The molecule has 0 N–H and O–H groups in total. The number of carbonyl (C=O) groups is 1. The van der Waals surface area contributed by atoms with Crippen molar-refractivity contribution in [2.24, 2.45) is 0 Å². The summed E-state index contributed by atoms with van der Waals surface area (Å²) in [5.41, 5.74) is 0.775. The summed E-state index contributed by atoms with van der Waals surface area (Å²) < 4.78 is 18.6. The zero-order valence-electron chi connectivity index (χ0n) is 13.3. The number of carbonyl (C=O) groups excluding carboxylic acids is 1. The van der Waals surface area contributed by atoms with Gasteiger partial charge >= 0.3 is 0 Å². The molecule has 22 heavy (non-hydrogen) atoms. The monoisotopic (exact) mass is 325 g/mol. The number of methoxy groups -OCH3 is 1. The number of benzene rings is 1. The van der Waals surface area contributed by atoms with E-state index in [4.69, 9.17) is 4.74 Å². The molecule has 0 spiro atoms. The van der Waals surface area contributed by atoms with Crippen LogP contribution in [0.4, 0.5) is 4.39 Å². The lowest BCUT2D eigenvalue weighted by atomic mass is 10.0. The van der Waals surface area contributed by atoms with Gasteiger partial charge in [-0.15, -0.1) is 11.8 Å². The highest BCUT2D eigenvalue weighted by molar-refractivity contribution is 8.00. The lowest BCUT2D eigenvalue weighted by Crippen LogP contribution is -2.28. The minimum absolute atomic E-state index is 0.104. The Morgan fingerprint density at radius 1 is 1.36 bits per heavy atom. The summed E-state index contributed by atoms with van der Waals surface area (Å²) >= 11 is 1.77. The molecule has 0 heterocycles. The number of thioether (sulfide) groups is 1. The molecule has 0 aliphatic heterocycles. The third-order valence-corrected chi connectivity index (χ3v) is 5.41. The summed E-state index contributed by atoms with van der Waals surface area (Å²) in [6.45, 7) is 0.422. The van der Waals surface area contributed by atoms with Crippen molar-refractivity contribution in [1.29, 1.82) is 0 Å². The second-order valence-corrected chi connectivity index (χ2v) is 7.08. The summed E-state index contributed by atoms with van der Waals surface area (Å²) in [7, 11) is 3.21. The number of amides is 1. The molecule has 1 aliphatic rings. The quantitative estimate of drug-likeness (QED) is 0.795. The smallest absolute Gasteiger partial charge is 0.232 e. The van der Waals surface area contributed by atoms with Crippen LogP contribution < -0.4 is 4.74 Å². The number of nitrogens with zero attached hydrogens (tertiary/aromatic N) is 1. The van der Waals surface area contributed by atoms with Gasteiger partial charge in [-0.05, 0) is 30.5 Å². The van der Waals surface area contributed by atoms with Gasteiger partial charge in [-0.3, -0.25) is 4.79 Å². The van der Waals surface area contributed by atoms with Crippen LogP contribution in [-0.2, 0) is 11.3 Å². The van der Waals surface area contributed by atoms with Gasteiger partial charge in [0.05, 0.1) is 12.9 Å². The Bertz CT molecular complexity index is 503. The summed E-state index contributed by atoms with van der Waals surface area (Å²) in [5.74, 6) is 0.453. The normalized spacial score (nSPS) is 15.6. The Labute approximate surface area is 136 Å². The van der Waals surface area contributed by atoms with E-state index in [1.807, 2.05) is 0 Å². The van der Waals surface area contributed by atoms with Crippen LogP contribution in [0.25, 0.3) is 0 Å². The van der Waals surface area contributed by atoms with Crippen LogP contribution in [0.3, 0.4) is 0 Å². The van der Waals surface area contributed by atoms with Crippen molar-refractivity contribution in [2.45, 2.75) is 43.9 Å². The van der Waals surface area contributed by atoms with Gasteiger partial charge in [0.2, 0.25) is 5.91 Å². The topological polar surface area (TPSA) is 29.5 Å². The molecule has 0 unspecified atom stereocenters. The van der Waals surface area contributed by atoms with Gasteiger partial charge < -0.3 is 9.64 Å². The number of ether oxygens (including phenoxy) is 1. The van der Waals surface area contributed by atoms with E-state index < -0.39 is 5.82 Å². The van der Waals surface area contributed by atoms with Gasteiger partial charge in [-0.2, -0.15) is 0 Å². The molecule has 1 saturated carbocycles. The van der Waals surface area contributed by atoms with Crippen LogP contribution in [0.5, 0.6) is 5.75 Å². The van der Waals surface area contributed by atoms with Crippen LogP contribution in [0, 0.1) is 5.82 Å². The Morgan fingerprint density at radius 3 is 2.73 bits per heavy atom. The predicted molar refractivity (Wildman–Crippen MR) is 88.8 cm³/mol. The van der Waals surface area contributed by atoms with Gasteiger partial charge in [0.25, 0.3) is 0 Å². The van der Waals surface area contributed by atoms with Gasteiger partial charge in [-0.25, -0.2) is 4.39 Å². The molecule has 5 heteroatoms. The average molecular weight is 325 g/mol. The molecule has 3 nitrogen and oxygen atoms in total. The number of hydrogen-bond acceptors (Lipinski definition) is 3. The van der Waals surface area contributed by atoms with Gasteiger partial charge in [-0.1, -0.05) is 25.3 Å². The Morgan fingerprint density at radius 2 is 2.09 bits per heavy atom. The first-order chi connectivity index (χ1) is 10.6. The SMILES string of the molecule is COc1ccc(CN(C)C(=O)CSC2CCCCC2)cc1F. The second-order valence-electron chi connectivity index (χ2n) is 5.79.